The Morgan fingerprint density at radius 3 is 2.79 bits per heavy atom. The fourth-order valence-electron chi connectivity index (χ4n) is 5.73. The minimum Gasteiger partial charge on any atom is -0.491 e. The number of nitrogens with one attached hydrogen (secondary N) is 1. The number of pyridine rings is 1. The van der Waals surface area contributed by atoms with Gasteiger partial charge in [-0.2, -0.15) is 5.10 Å². The van der Waals surface area contributed by atoms with Gasteiger partial charge in [-0.05, 0) is 75.5 Å². The molecule has 0 bridgehead atoms. The van der Waals surface area contributed by atoms with Crippen LogP contribution in [0.5, 0.6) is 5.75 Å². The van der Waals surface area contributed by atoms with Crippen molar-refractivity contribution in [2.24, 2.45) is 0 Å². The van der Waals surface area contributed by atoms with E-state index >= 15 is 0 Å². The van der Waals surface area contributed by atoms with Crippen molar-refractivity contribution in [3.8, 4) is 5.75 Å². The van der Waals surface area contributed by atoms with Crippen molar-refractivity contribution in [2.75, 3.05) is 31.6 Å². The smallest absolute Gasteiger partial charge is 0.235 e. The molecule has 4 heterocycles. The van der Waals surface area contributed by atoms with Crippen molar-refractivity contribution >= 4 is 34.2 Å². The summed E-state index contributed by atoms with van der Waals surface area (Å²) in [6, 6.07) is 7.82. The Morgan fingerprint density at radius 2 is 2.03 bits per heavy atom. The number of nitrogens with zero attached hydrogens (tertiary/aromatic N) is 4. The monoisotopic (exact) mass is 481 g/mol. The van der Waals surface area contributed by atoms with E-state index < -0.39 is 11.0 Å². The average Bonchev–Trinajstić information content (AvgIpc) is 3.32. The second-order valence-corrected chi connectivity index (χ2v) is 10.6. The van der Waals surface area contributed by atoms with Crippen LogP contribution in [0.25, 0.3) is 11.0 Å². The highest BCUT2D eigenvalue weighted by molar-refractivity contribution is 6.31. The quantitative estimate of drug-likeness (QED) is 0.579. The first-order valence-corrected chi connectivity index (χ1v) is 12.2. The number of halogens is 1. The molecule has 0 atom stereocenters. The molecule has 3 aliphatic rings. The minimum atomic E-state index is -0.599. The maximum absolute atomic E-state index is 12.8. The van der Waals surface area contributed by atoms with E-state index in [2.05, 4.69) is 20.3 Å². The third-order valence-corrected chi connectivity index (χ3v) is 7.91. The number of anilines is 1. The van der Waals surface area contributed by atoms with E-state index in [-0.39, 0.29) is 11.9 Å². The molecule has 1 spiro atoms. The molecule has 2 aromatic heterocycles. The second-order valence-electron chi connectivity index (χ2n) is 10.1. The van der Waals surface area contributed by atoms with Crippen LogP contribution in [0.15, 0.2) is 36.7 Å². The molecule has 34 heavy (non-hydrogen) atoms. The molecule has 3 aromatic rings. The molecular formula is C25H28ClN5O3. The number of piperidine rings is 1. The van der Waals surface area contributed by atoms with E-state index in [1.165, 1.54) is 0 Å². The van der Waals surface area contributed by atoms with Gasteiger partial charge in [-0.15, -0.1) is 0 Å². The van der Waals surface area contributed by atoms with Gasteiger partial charge in [0, 0.05) is 22.6 Å². The van der Waals surface area contributed by atoms with E-state index in [0.717, 1.165) is 60.5 Å². The number of carbonyl (C=O) groups excluding carboxylic acids is 1. The molecule has 0 radical (unpaired) electrons. The molecule has 1 saturated heterocycles. The summed E-state index contributed by atoms with van der Waals surface area (Å²) in [5, 5.41) is 19.1. The van der Waals surface area contributed by atoms with Crippen LogP contribution in [0.1, 0.15) is 44.2 Å². The fourth-order valence-corrected chi connectivity index (χ4v) is 5.90. The summed E-state index contributed by atoms with van der Waals surface area (Å²) in [4.78, 5) is 19.7. The van der Waals surface area contributed by atoms with Gasteiger partial charge in [0.25, 0.3) is 0 Å². The van der Waals surface area contributed by atoms with Crippen molar-refractivity contribution in [2.45, 2.75) is 49.7 Å². The number of rotatable bonds is 5. The van der Waals surface area contributed by atoms with Crippen LogP contribution in [-0.4, -0.2) is 62.5 Å². The van der Waals surface area contributed by atoms with Gasteiger partial charge in [-0.1, -0.05) is 11.6 Å². The van der Waals surface area contributed by atoms with Crippen molar-refractivity contribution in [3.05, 3.63) is 47.2 Å². The summed E-state index contributed by atoms with van der Waals surface area (Å²) >= 11 is 6.22. The van der Waals surface area contributed by atoms with Crippen molar-refractivity contribution in [1.29, 1.82) is 0 Å². The predicted molar refractivity (Wildman–Crippen MR) is 129 cm³/mol. The Kier molecular flexibility index (Phi) is 5.09. The Balaban J connectivity index is 1.04. The molecule has 1 aromatic carbocycles. The normalized spacial score (nSPS) is 25.9. The number of aromatic nitrogens is 3. The number of aliphatic hydroxyl groups is 1. The molecule has 178 valence electrons. The maximum Gasteiger partial charge on any atom is 0.235 e. The van der Waals surface area contributed by atoms with Crippen LogP contribution in [0.3, 0.4) is 0 Å². The average molecular weight is 482 g/mol. The highest BCUT2D eigenvalue weighted by atomic mass is 35.5. The first kappa shape index (κ1) is 21.8. The first-order valence-electron chi connectivity index (χ1n) is 11.9. The number of amides is 1. The molecule has 1 saturated carbocycles. The lowest BCUT2D eigenvalue weighted by Gasteiger charge is -2.40. The van der Waals surface area contributed by atoms with Gasteiger partial charge >= 0.3 is 0 Å². The highest BCUT2D eigenvalue weighted by Gasteiger charge is 2.48. The largest absolute Gasteiger partial charge is 0.491 e. The van der Waals surface area contributed by atoms with Gasteiger partial charge in [-0.3, -0.25) is 9.69 Å². The van der Waals surface area contributed by atoms with E-state index in [1.54, 1.807) is 6.20 Å². The van der Waals surface area contributed by atoms with E-state index in [9.17, 15) is 9.90 Å². The van der Waals surface area contributed by atoms with E-state index in [4.69, 9.17) is 16.3 Å². The molecule has 2 fully saturated rings. The highest BCUT2D eigenvalue weighted by Crippen LogP contribution is 2.46. The van der Waals surface area contributed by atoms with Gasteiger partial charge in [0.15, 0.2) is 5.65 Å². The summed E-state index contributed by atoms with van der Waals surface area (Å²) in [7, 11) is 0. The van der Waals surface area contributed by atoms with Crippen molar-refractivity contribution < 1.29 is 14.6 Å². The molecule has 2 aliphatic heterocycles. The van der Waals surface area contributed by atoms with E-state index in [0.29, 0.717) is 24.5 Å². The lowest BCUT2D eigenvalue weighted by molar-refractivity contribution is -0.122. The zero-order valence-electron chi connectivity index (χ0n) is 19.1. The molecule has 1 amide bonds. The topological polar surface area (TPSA) is 92.5 Å². The Bertz CT molecular complexity index is 1260. The minimum absolute atomic E-state index is 0.0890. The molecule has 0 unspecified atom stereocenters. The second kappa shape index (κ2) is 7.93. The predicted octanol–water partition coefficient (Wildman–Crippen LogP) is 3.54. The van der Waals surface area contributed by atoms with Gasteiger partial charge in [0.1, 0.15) is 12.4 Å². The number of fused-ring (bicyclic) bond motifs is 3. The van der Waals surface area contributed by atoms with Gasteiger partial charge in [-0.25, -0.2) is 9.67 Å². The molecule has 2 N–H and O–H groups in total. The lowest BCUT2D eigenvalue weighted by Crippen LogP contribution is -2.47. The lowest BCUT2D eigenvalue weighted by atomic mass is 9.73. The Morgan fingerprint density at radius 1 is 1.24 bits per heavy atom. The third-order valence-electron chi connectivity index (χ3n) is 7.67. The summed E-state index contributed by atoms with van der Waals surface area (Å²) < 4.78 is 7.90. The zero-order valence-corrected chi connectivity index (χ0v) is 19.9. The van der Waals surface area contributed by atoms with Crippen LogP contribution in [0.2, 0.25) is 5.02 Å². The number of carbonyl (C=O) groups is 1. The van der Waals surface area contributed by atoms with Crippen LogP contribution >= 0.6 is 11.6 Å². The van der Waals surface area contributed by atoms with Crippen molar-refractivity contribution in [1.82, 2.24) is 19.7 Å². The van der Waals surface area contributed by atoms with E-state index in [1.807, 2.05) is 42.1 Å². The van der Waals surface area contributed by atoms with Crippen LogP contribution in [0.4, 0.5) is 5.69 Å². The standard InChI is InChI=1S/C25H28ClN5O3/c1-24(33)12-18(13-24)31-22-16(14-28-31)10-19(15-27-22)34-9-8-30-6-4-25(5-7-30)20-11-17(26)2-3-21(20)29-23(25)32/h2-3,10-11,14-15,18,33H,4-9,12-13H2,1H3,(H,29,32)/t18-,24+. The number of hydrogen-bond donors (Lipinski definition) is 2. The summed E-state index contributed by atoms with van der Waals surface area (Å²) in [5.41, 5.74) is 1.68. The Hall–Kier alpha value is -2.68. The molecule has 8 nitrogen and oxygen atoms in total. The molecule has 6 rings (SSSR count). The maximum atomic E-state index is 12.8. The zero-order chi connectivity index (χ0) is 23.5. The Labute approximate surface area is 202 Å². The molecule has 1 aliphatic carbocycles. The summed E-state index contributed by atoms with van der Waals surface area (Å²) in [6.45, 7) is 4.85. The van der Waals surface area contributed by atoms with Gasteiger partial charge in [0.2, 0.25) is 5.91 Å². The number of hydrogen-bond acceptors (Lipinski definition) is 6. The SMILES string of the molecule is C[C@]1(O)C[C@@H](n2ncc3cc(OCCN4CCC5(CC4)C(=O)Nc4ccc(Cl)cc45)cnc32)C1. The summed E-state index contributed by atoms with van der Waals surface area (Å²) in [5.74, 6) is 0.811. The third kappa shape index (κ3) is 3.65. The number of likely N-dealkylation sites (tertiary alicyclic amines) is 1. The fraction of sp³-hybridized carbons (Fsp3) is 0.480. The molecule has 9 heteroatoms. The van der Waals surface area contributed by atoms with Crippen LogP contribution < -0.4 is 10.1 Å². The van der Waals surface area contributed by atoms with Gasteiger partial charge in [0.05, 0.1) is 29.5 Å². The summed E-state index contributed by atoms with van der Waals surface area (Å²) in [6.07, 6.45) is 6.48. The van der Waals surface area contributed by atoms with Crippen molar-refractivity contribution in [3.63, 3.8) is 0 Å². The number of ether oxygens (including phenoxy) is 1. The first-order chi connectivity index (χ1) is 16.3. The van der Waals surface area contributed by atoms with Gasteiger partial charge < -0.3 is 15.2 Å². The van der Waals surface area contributed by atoms with Crippen LogP contribution in [0, 0.1) is 0 Å². The molecular weight excluding hydrogens is 454 g/mol. The van der Waals surface area contributed by atoms with Crippen LogP contribution in [-0.2, 0) is 10.2 Å². The number of benzene rings is 1.